The number of amidine groups is 1. The molecule has 148 valence electrons. The molecule has 1 N–H and O–H groups in total. The lowest BCUT2D eigenvalue weighted by molar-refractivity contribution is 0.0995. The van der Waals surface area contributed by atoms with Crippen LogP contribution in [-0.4, -0.2) is 31.6 Å². The number of hydrogen-bond acceptors (Lipinski definition) is 3. The molecule has 1 rings (SSSR count). The maximum Gasteiger partial charge on any atom is 0.126 e. The summed E-state index contributed by atoms with van der Waals surface area (Å²) in [4.78, 5) is 4.52. The average molecular weight is 353 g/mol. The van der Waals surface area contributed by atoms with E-state index >= 15 is 0 Å². The minimum absolute atomic E-state index is 0.213. The Morgan fingerprint density at radius 1 is 0.800 bits per heavy atom. The number of unbranched alkanes of at least 4 members (excludes halogenated alkanes) is 13. The fraction of sp³-hybridized carbons (Fsp3) is 0.955. The molecule has 0 saturated carbocycles. The van der Waals surface area contributed by atoms with E-state index in [9.17, 15) is 0 Å². The quantitative estimate of drug-likeness (QED) is 0.295. The highest BCUT2D eigenvalue weighted by molar-refractivity contribution is 5.87. The van der Waals surface area contributed by atoms with Gasteiger partial charge >= 0.3 is 0 Å². The van der Waals surface area contributed by atoms with Gasteiger partial charge in [0.05, 0.1) is 6.54 Å². The molecule has 3 heteroatoms. The van der Waals surface area contributed by atoms with Gasteiger partial charge in [-0.15, -0.1) is 0 Å². The standard InChI is InChI=1S/C22H44N2O/c1-3-5-6-7-8-9-10-11-12-13-14-15-16-17-18-21(25-4-2)22-23-19-20-24-22/h21H,3-20H2,1-2H3,(H,23,24). The van der Waals surface area contributed by atoms with Crippen LogP contribution in [-0.2, 0) is 4.74 Å². The summed E-state index contributed by atoms with van der Waals surface area (Å²) in [5.74, 6) is 1.09. The summed E-state index contributed by atoms with van der Waals surface area (Å²) in [6.07, 6.45) is 21.1. The second kappa shape index (κ2) is 16.9. The Labute approximate surface area is 157 Å². The Kier molecular flexibility index (Phi) is 15.2. The molecule has 0 fully saturated rings. The summed E-state index contributed by atoms with van der Waals surface area (Å²) < 4.78 is 5.85. The Bertz CT molecular complexity index is 317. The summed E-state index contributed by atoms with van der Waals surface area (Å²) in [5, 5.41) is 3.37. The van der Waals surface area contributed by atoms with Crippen molar-refractivity contribution in [1.29, 1.82) is 0 Å². The van der Waals surface area contributed by atoms with Gasteiger partial charge < -0.3 is 10.1 Å². The molecule has 0 aromatic rings. The van der Waals surface area contributed by atoms with Crippen LogP contribution in [0, 0.1) is 0 Å². The molecule has 1 atom stereocenters. The van der Waals surface area contributed by atoms with Crippen molar-refractivity contribution in [3.63, 3.8) is 0 Å². The molecule has 0 radical (unpaired) electrons. The highest BCUT2D eigenvalue weighted by Crippen LogP contribution is 2.15. The molecule has 0 aliphatic carbocycles. The monoisotopic (exact) mass is 352 g/mol. The molecule has 3 nitrogen and oxygen atoms in total. The number of nitrogens with one attached hydrogen (secondary N) is 1. The maximum atomic E-state index is 5.85. The number of rotatable bonds is 18. The van der Waals surface area contributed by atoms with Crippen LogP contribution in [0.25, 0.3) is 0 Å². The van der Waals surface area contributed by atoms with Gasteiger partial charge in [0.1, 0.15) is 11.9 Å². The van der Waals surface area contributed by atoms with E-state index in [2.05, 4.69) is 24.2 Å². The van der Waals surface area contributed by atoms with Crippen LogP contribution < -0.4 is 5.32 Å². The highest BCUT2D eigenvalue weighted by Gasteiger charge is 2.18. The Hall–Kier alpha value is -0.570. The predicted octanol–water partition coefficient (Wildman–Crippen LogP) is 6.26. The number of aliphatic imine (C=N–C) groups is 1. The lowest BCUT2D eigenvalue weighted by atomic mass is 10.0. The third kappa shape index (κ3) is 12.4. The fourth-order valence-electron chi connectivity index (χ4n) is 3.66. The zero-order valence-corrected chi connectivity index (χ0v) is 17.2. The minimum atomic E-state index is 0.213. The third-order valence-electron chi connectivity index (χ3n) is 5.19. The van der Waals surface area contributed by atoms with Gasteiger partial charge in [-0.05, 0) is 13.3 Å². The highest BCUT2D eigenvalue weighted by atomic mass is 16.5. The van der Waals surface area contributed by atoms with Crippen LogP contribution in [0.5, 0.6) is 0 Å². The van der Waals surface area contributed by atoms with Crippen molar-refractivity contribution >= 4 is 5.84 Å². The molecule has 0 bridgehead atoms. The predicted molar refractivity (Wildman–Crippen MR) is 111 cm³/mol. The first-order valence-corrected chi connectivity index (χ1v) is 11.3. The van der Waals surface area contributed by atoms with Crippen molar-refractivity contribution in [3.8, 4) is 0 Å². The topological polar surface area (TPSA) is 33.6 Å². The summed E-state index contributed by atoms with van der Waals surface area (Å²) >= 11 is 0. The van der Waals surface area contributed by atoms with Gasteiger partial charge in [-0.2, -0.15) is 0 Å². The summed E-state index contributed by atoms with van der Waals surface area (Å²) in [5.41, 5.74) is 0. The fourth-order valence-corrected chi connectivity index (χ4v) is 3.66. The lowest BCUT2D eigenvalue weighted by Gasteiger charge is -2.17. The van der Waals surface area contributed by atoms with E-state index in [0.29, 0.717) is 0 Å². The van der Waals surface area contributed by atoms with Crippen LogP contribution in [0.15, 0.2) is 4.99 Å². The summed E-state index contributed by atoms with van der Waals surface area (Å²) in [6.45, 7) is 7.05. The molecule has 0 aromatic heterocycles. The van der Waals surface area contributed by atoms with Crippen molar-refractivity contribution in [3.05, 3.63) is 0 Å². The van der Waals surface area contributed by atoms with Crippen LogP contribution in [0.1, 0.15) is 110 Å². The Morgan fingerprint density at radius 3 is 1.76 bits per heavy atom. The van der Waals surface area contributed by atoms with Gasteiger partial charge in [0.2, 0.25) is 0 Å². The van der Waals surface area contributed by atoms with Crippen LogP contribution >= 0.6 is 0 Å². The molecule has 0 amide bonds. The Morgan fingerprint density at radius 2 is 1.32 bits per heavy atom. The molecular formula is C22H44N2O. The minimum Gasteiger partial charge on any atom is -0.371 e. The molecule has 0 spiro atoms. The van der Waals surface area contributed by atoms with Gasteiger partial charge in [-0.25, -0.2) is 0 Å². The first-order valence-electron chi connectivity index (χ1n) is 11.3. The van der Waals surface area contributed by atoms with Gasteiger partial charge in [0.25, 0.3) is 0 Å². The van der Waals surface area contributed by atoms with E-state index in [-0.39, 0.29) is 6.10 Å². The SMILES string of the molecule is CCCCCCCCCCCCCCCCC(OCC)C1=NCCN1. The van der Waals surface area contributed by atoms with Gasteiger partial charge in [0.15, 0.2) is 0 Å². The number of hydrogen-bond donors (Lipinski definition) is 1. The van der Waals surface area contributed by atoms with Gasteiger partial charge in [-0.1, -0.05) is 96.8 Å². The van der Waals surface area contributed by atoms with E-state index in [4.69, 9.17) is 4.74 Å². The molecule has 1 unspecified atom stereocenters. The van der Waals surface area contributed by atoms with E-state index in [1.165, 1.54) is 89.9 Å². The van der Waals surface area contributed by atoms with Crippen molar-refractivity contribution in [1.82, 2.24) is 5.32 Å². The second-order valence-electron chi connectivity index (χ2n) is 7.52. The van der Waals surface area contributed by atoms with Crippen molar-refractivity contribution in [2.75, 3.05) is 19.7 Å². The largest absolute Gasteiger partial charge is 0.371 e. The van der Waals surface area contributed by atoms with Crippen molar-refractivity contribution in [2.45, 2.75) is 116 Å². The molecule has 1 heterocycles. The smallest absolute Gasteiger partial charge is 0.126 e. The van der Waals surface area contributed by atoms with Gasteiger partial charge in [0, 0.05) is 13.2 Å². The van der Waals surface area contributed by atoms with Crippen LogP contribution in [0.4, 0.5) is 0 Å². The first kappa shape index (κ1) is 22.5. The average Bonchev–Trinajstić information content (AvgIpc) is 3.15. The molecule has 25 heavy (non-hydrogen) atoms. The van der Waals surface area contributed by atoms with Crippen molar-refractivity contribution in [2.24, 2.45) is 4.99 Å². The van der Waals surface area contributed by atoms with Crippen molar-refractivity contribution < 1.29 is 4.74 Å². The number of nitrogens with zero attached hydrogens (tertiary/aromatic N) is 1. The van der Waals surface area contributed by atoms with E-state index in [1.807, 2.05) is 0 Å². The van der Waals surface area contributed by atoms with E-state index in [0.717, 1.165) is 32.0 Å². The van der Waals surface area contributed by atoms with E-state index in [1.54, 1.807) is 0 Å². The summed E-state index contributed by atoms with van der Waals surface area (Å²) in [6, 6.07) is 0. The maximum absolute atomic E-state index is 5.85. The second-order valence-corrected chi connectivity index (χ2v) is 7.52. The molecular weight excluding hydrogens is 308 g/mol. The van der Waals surface area contributed by atoms with E-state index < -0.39 is 0 Å². The third-order valence-corrected chi connectivity index (χ3v) is 5.19. The van der Waals surface area contributed by atoms with Crippen LogP contribution in [0.2, 0.25) is 0 Å². The zero-order chi connectivity index (χ0) is 18.0. The first-order chi connectivity index (χ1) is 12.4. The lowest BCUT2D eigenvalue weighted by Crippen LogP contribution is -2.33. The molecule has 1 aliphatic rings. The molecule has 0 aromatic carbocycles. The molecule has 1 aliphatic heterocycles. The number of ether oxygens (including phenoxy) is 1. The molecule has 0 saturated heterocycles. The normalized spacial score (nSPS) is 15.2. The van der Waals surface area contributed by atoms with Gasteiger partial charge in [-0.3, -0.25) is 4.99 Å². The Balaban J connectivity index is 1.83. The zero-order valence-electron chi connectivity index (χ0n) is 17.2. The van der Waals surface area contributed by atoms with Crippen LogP contribution in [0.3, 0.4) is 0 Å². The summed E-state index contributed by atoms with van der Waals surface area (Å²) in [7, 11) is 0.